The van der Waals surface area contributed by atoms with Gasteiger partial charge in [-0.1, -0.05) is 61.4 Å². The molecule has 5 heteroatoms. The predicted octanol–water partition coefficient (Wildman–Crippen LogP) is 4.57. The molecule has 1 amide bonds. The first-order valence-electron chi connectivity index (χ1n) is 9.13. The minimum Gasteiger partial charge on any atom is -0.325 e. The Kier molecular flexibility index (Phi) is 4.48. The molecule has 27 heavy (non-hydrogen) atoms. The van der Waals surface area contributed by atoms with Crippen molar-refractivity contribution in [2.24, 2.45) is 0 Å². The van der Waals surface area contributed by atoms with Crippen molar-refractivity contribution >= 4 is 32.2 Å². The number of rotatable bonds is 4. The van der Waals surface area contributed by atoms with Crippen molar-refractivity contribution in [1.29, 1.82) is 0 Å². The number of hydrogen-bond donors (Lipinski definition) is 1. The number of carbonyl (C=O) groups excluding carboxylic acids is 1. The van der Waals surface area contributed by atoms with E-state index in [1.807, 2.05) is 42.5 Å². The van der Waals surface area contributed by atoms with Crippen LogP contribution in [0.5, 0.6) is 0 Å². The normalized spacial score (nSPS) is 16.3. The molecule has 3 aromatic rings. The monoisotopic (exact) mass is 379 g/mol. The summed E-state index contributed by atoms with van der Waals surface area (Å²) < 4.78 is 25.3. The van der Waals surface area contributed by atoms with Gasteiger partial charge in [0.1, 0.15) is 0 Å². The molecule has 0 aromatic heterocycles. The van der Waals surface area contributed by atoms with Crippen molar-refractivity contribution in [2.75, 3.05) is 5.32 Å². The minimum atomic E-state index is -3.77. The lowest BCUT2D eigenvalue weighted by atomic mass is 10.1. The molecule has 0 bridgehead atoms. The van der Waals surface area contributed by atoms with E-state index < -0.39 is 20.5 Å². The van der Waals surface area contributed by atoms with E-state index in [2.05, 4.69) is 5.32 Å². The van der Waals surface area contributed by atoms with Gasteiger partial charge in [-0.25, -0.2) is 8.42 Å². The van der Waals surface area contributed by atoms with Gasteiger partial charge in [0.05, 0.1) is 4.90 Å². The van der Waals surface area contributed by atoms with Crippen LogP contribution >= 0.6 is 0 Å². The smallest absolute Gasteiger partial charge is 0.246 e. The molecule has 1 saturated carbocycles. The number of benzene rings is 3. The van der Waals surface area contributed by atoms with Gasteiger partial charge in [-0.15, -0.1) is 0 Å². The van der Waals surface area contributed by atoms with E-state index in [9.17, 15) is 13.2 Å². The van der Waals surface area contributed by atoms with E-state index in [-0.39, 0.29) is 4.90 Å². The highest BCUT2D eigenvalue weighted by atomic mass is 32.2. The maximum Gasteiger partial charge on any atom is 0.246 e. The SMILES string of the molecule is O=C(Nc1ccc2ccccc2c1)C1(S(=O)(=O)c2ccccc2)CCCC1. The Bertz CT molecular complexity index is 1080. The highest BCUT2D eigenvalue weighted by Crippen LogP contribution is 2.41. The number of fused-ring (bicyclic) bond motifs is 1. The molecular formula is C22H21NO3S. The third-order valence-corrected chi connectivity index (χ3v) is 7.92. The van der Waals surface area contributed by atoms with Crippen LogP contribution in [0.25, 0.3) is 10.8 Å². The van der Waals surface area contributed by atoms with E-state index in [0.29, 0.717) is 18.5 Å². The second-order valence-corrected chi connectivity index (χ2v) is 9.29. The van der Waals surface area contributed by atoms with E-state index >= 15 is 0 Å². The molecule has 0 aliphatic heterocycles. The fourth-order valence-corrected chi connectivity index (χ4v) is 5.99. The van der Waals surface area contributed by atoms with Gasteiger partial charge in [0.15, 0.2) is 14.6 Å². The Labute approximate surface area is 159 Å². The molecule has 4 nitrogen and oxygen atoms in total. The van der Waals surface area contributed by atoms with Gasteiger partial charge in [0.25, 0.3) is 0 Å². The highest BCUT2D eigenvalue weighted by molar-refractivity contribution is 7.93. The van der Waals surface area contributed by atoms with Crippen LogP contribution in [0.4, 0.5) is 5.69 Å². The zero-order chi connectivity index (χ0) is 18.9. The van der Waals surface area contributed by atoms with Gasteiger partial charge in [0.2, 0.25) is 5.91 Å². The summed E-state index contributed by atoms with van der Waals surface area (Å²) in [4.78, 5) is 13.4. The van der Waals surface area contributed by atoms with Gasteiger partial charge < -0.3 is 5.32 Å². The number of anilines is 1. The van der Waals surface area contributed by atoms with Crippen LogP contribution < -0.4 is 5.32 Å². The van der Waals surface area contributed by atoms with Crippen LogP contribution in [0, 0.1) is 0 Å². The predicted molar refractivity (Wildman–Crippen MR) is 107 cm³/mol. The van der Waals surface area contributed by atoms with Crippen molar-refractivity contribution in [3.63, 3.8) is 0 Å². The Balaban J connectivity index is 1.70. The molecule has 0 saturated heterocycles. The number of nitrogens with one attached hydrogen (secondary N) is 1. The summed E-state index contributed by atoms with van der Waals surface area (Å²) in [7, 11) is -3.77. The largest absolute Gasteiger partial charge is 0.325 e. The van der Waals surface area contributed by atoms with Crippen molar-refractivity contribution in [1.82, 2.24) is 0 Å². The molecule has 1 fully saturated rings. The molecule has 4 rings (SSSR count). The Hall–Kier alpha value is -2.66. The van der Waals surface area contributed by atoms with E-state index in [1.165, 1.54) is 0 Å². The summed E-state index contributed by atoms with van der Waals surface area (Å²) in [6.07, 6.45) is 2.17. The molecule has 0 radical (unpaired) electrons. The van der Waals surface area contributed by atoms with Crippen molar-refractivity contribution in [2.45, 2.75) is 35.3 Å². The molecule has 1 N–H and O–H groups in total. The molecule has 0 heterocycles. The number of hydrogen-bond acceptors (Lipinski definition) is 3. The van der Waals surface area contributed by atoms with Crippen molar-refractivity contribution in [3.05, 3.63) is 72.8 Å². The quantitative estimate of drug-likeness (QED) is 0.722. The average Bonchev–Trinajstić information content (AvgIpc) is 3.20. The summed E-state index contributed by atoms with van der Waals surface area (Å²) in [6, 6.07) is 21.8. The molecule has 138 valence electrons. The van der Waals surface area contributed by atoms with Crippen molar-refractivity contribution < 1.29 is 13.2 Å². The van der Waals surface area contributed by atoms with Crippen LogP contribution in [0.3, 0.4) is 0 Å². The Morgan fingerprint density at radius 1 is 0.815 bits per heavy atom. The first-order chi connectivity index (χ1) is 13.0. The topological polar surface area (TPSA) is 63.2 Å². The first-order valence-corrected chi connectivity index (χ1v) is 10.6. The molecule has 0 spiro atoms. The molecule has 0 atom stereocenters. The molecule has 3 aromatic carbocycles. The van der Waals surface area contributed by atoms with Crippen LogP contribution in [-0.2, 0) is 14.6 Å². The van der Waals surface area contributed by atoms with E-state index in [1.54, 1.807) is 30.3 Å². The van der Waals surface area contributed by atoms with Crippen LogP contribution in [0.1, 0.15) is 25.7 Å². The highest BCUT2D eigenvalue weighted by Gasteiger charge is 2.52. The summed E-state index contributed by atoms with van der Waals surface area (Å²) in [5.74, 6) is -0.431. The van der Waals surface area contributed by atoms with Crippen LogP contribution in [-0.4, -0.2) is 19.1 Å². The van der Waals surface area contributed by atoms with Gasteiger partial charge in [0, 0.05) is 5.69 Å². The number of sulfone groups is 1. The summed E-state index contributed by atoms with van der Waals surface area (Å²) in [5.41, 5.74) is 0.619. The zero-order valence-electron chi connectivity index (χ0n) is 14.9. The lowest BCUT2D eigenvalue weighted by molar-refractivity contribution is -0.118. The zero-order valence-corrected chi connectivity index (χ0v) is 15.7. The lowest BCUT2D eigenvalue weighted by Crippen LogP contribution is -2.47. The molecular weight excluding hydrogens is 358 g/mol. The fraction of sp³-hybridized carbons (Fsp3) is 0.227. The summed E-state index contributed by atoms with van der Waals surface area (Å²) in [5, 5.41) is 4.95. The van der Waals surface area contributed by atoms with E-state index in [0.717, 1.165) is 23.6 Å². The van der Waals surface area contributed by atoms with Crippen LogP contribution in [0.15, 0.2) is 77.7 Å². The molecule has 0 unspecified atom stereocenters. The van der Waals surface area contributed by atoms with Gasteiger partial charge >= 0.3 is 0 Å². The third kappa shape index (κ3) is 3.02. The van der Waals surface area contributed by atoms with Gasteiger partial charge in [-0.05, 0) is 47.9 Å². The summed E-state index contributed by atoms with van der Waals surface area (Å²) >= 11 is 0. The Morgan fingerprint density at radius 2 is 1.44 bits per heavy atom. The number of amides is 1. The average molecular weight is 379 g/mol. The lowest BCUT2D eigenvalue weighted by Gasteiger charge is -2.27. The van der Waals surface area contributed by atoms with Gasteiger partial charge in [-0.2, -0.15) is 0 Å². The van der Waals surface area contributed by atoms with Gasteiger partial charge in [-0.3, -0.25) is 4.79 Å². The maximum absolute atomic E-state index is 13.3. The standard InChI is InChI=1S/C22H21NO3S/c24-21(23-19-13-12-17-8-4-5-9-18(17)16-19)22(14-6-7-15-22)27(25,26)20-10-2-1-3-11-20/h1-5,8-13,16H,6-7,14-15H2,(H,23,24). The van der Waals surface area contributed by atoms with Crippen molar-refractivity contribution in [3.8, 4) is 0 Å². The second kappa shape index (κ2) is 6.82. The third-order valence-electron chi connectivity index (χ3n) is 5.40. The summed E-state index contributed by atoms with van der Waals surface area (Å²) in [6.45, 7) is 0. The van der Waals surface area contributed by atoms with E-state index in [4.69, 9.17) is 0 Å². The second-order valence-electron chi connectivity index (χ2n) is 7.03. The molecule has 1 aliphatic rings. The maximum atomic E-state index is 13.3. The minimum absolute atomic E-state index is 0.209. The fourth-order valence-electron chi connectivity index (χ4n) is 3.90. The Morgan fingerprint density at radius 3 is 2.15 bits per heavy atom. The van der Waals surface area contributed by atoms with Crippen LogP contribution in [0.2, 0.25) is 0 Å². The number of carbonyl (C=O) groups is 1. The molecule has 1 aliphatic carbocycles. The first kappa shape index (κ1) is 17.7.